The minimum Gasteiger partial charge on any atom is -0.488 e. The van der Waals surface area contributed by atoms with E-state index in [-0.39, 0.29) is 18.2 Å². The van der Waals surface area contributed by atoms with Crippen LogP contribution < -0.4 is 20.7 Å². The van der Waals surface area contributed by atoms with E-state index >= 15 is 0 Å². The number of benzene rings is 2. The van der Waals surface area contributed by atoms with Crippen molar-refractivity contribution in [2.45, 2.75) is 50.2 Å². The van der Waals surface area contributed by atoms with Crippen LogP contribution in [-0.4, -0.2) is 69.4 Å². The van der Waals surface area contributed by atoms with Gasteiger partial charge in [0.1, 0.15) is 19.1 Å². The van der Waals surface area contributed by atoms with Gasteiger partial charge < -0.3 is 24.8 Å². The highest BCUT2D eigenvalue weighted by Crippen LogP contribution is 2.41. The molecular formula is C30H34F4N3O2PS. The highest BCUT2D eigenvalue weighted by atomic mass is 32.1. The second kappa shape index (κ2) is 11.9. The van der Waals surface area contributed by atoms with E-state index in [9.17, 15) is 22.1 Å². The molecule has 5 nitrogen and oxygen atoms in total. The lowest BCUT2D eigenvalue weighted by Crippen LogP contribution is -2.46. The standard InChI is InChI=1S/C30H34F4N3O2PS/c1-37-15-13-24(23(31)18-37)36-26-7-4-6-21-22(17-30(32,33)34)28(41-29(21)26)8-5-14-35-25-12-11-20(40(2,3)38)16-27(25)39-19-9-10-19/h4,6-7,11-12,16,19,23-24,35-36H,9-10,13-15,17-18H2,1-3H3/t23-,24+/m0/s1. The van der Waals surface area contributed by atoms with E-state index in [4.69, 9.17) is 4.74 Å². The molecule has 2 heterocycles. The molecule has 1 aromatic heterocycles. The van der Waals surface area contributed by atoms with Crippen LogP contribution in [0.25, 0.3) is 10.1 Å². The fraction of sp³-hybridized carbons (Fsp3) is 0.467. The molecule has 2 fully saturated rings. The number of fused-ring (bicyclic) bond motifs is 1. The van der Waals surface area contributed by atoms with Crippen molar-refractivity contribution in [1.82, 2.24) is 4.90 Å². The lowest BCUT2D eigenvalue weighted by atomic mass is 10.0. The number of alkyl halides is 4. The minimum absolute atomic E-state index is 0.137. The van der Waals surface area contributed by atoms with Crippen LogP contribution in [0.3, 0.4) is 0 Å². The average Bonchev–Trinajstić information content (AvgIpc) is 3.64. The van der Waals surface area contributed by atoms with Crippen molar-refractivity contribution < 1.29 is 26.9 Å². The SMILES string of the molecule is CN1CC[C@@H](Nc2cccc3c(CC(F)(F)F)c(C#CCNc4ccc(P(C)(C)=O)cc4OC4CC4)sc23)[C@@H](F)C1. The molecule has 1 aliphatic carbocycles. The summed E-state index contributed by atoms with van der Waals surface area (Å²) in [5, 5.41) is 7.67. The maximum absolute atomic E-state index is 14.7. The van der Waals surface area contributed by atoms with Crippen molar-refractivity contribution in [1.29, 1.82) is 0 Å². The van der Waals surface area contributed by atoms with E-state index in [1.54, 1.807) is 43.7 Å². The Balaban J connectivity index is 1.40. The first-order valence-electron chi connectivity index (χ1n) is 13.7. The van der Waals surface area contributed by atoms with Crippen LogP contribution in [0.4, 0.5) is 28.9 Å². The number of rotatable bonds is 8. The van der Waals surface area contributed by atoms with Gasteiger partial charge in [0.15, 0.2) is 0 Å². The molecule has 11 heteroatoms. The smallest absolute Gasteiger partial charge is 0.393 e. The predicted octanol–water partition coefficient (Wildman–Crippen LogP) is 6.71. The molecule has 0 spiro atoms. The number of hydrogen-bond acceptors (Lipinski definition) is 6. The van der Waals surface area contributed by atoms with Crippen molar-refractivity contribution in [3.05, 3.63) is 46.8 Å². The van der Waals surface area contributed by atoms with Gasteiger partial charge >= 0.3 is 6.18 Å². The van der Waals surface area contributed by atoms with E-state index in [2.05, 4.69) is 22.5 Å². The maximum Gasteiger partial charge on any atom is 0.393 e. The summed E-state index contributed by atoms with van der Waals surface area (Å²) >= 11 is 1.20. The maximum atomic E-state index is 14.7. The van der Waals surface area contributed by atoms with E-state index in [0.29, 0.717) is 45.1 Å². The zero-order valence-corrected chi connectivity index (χ0v) is 25.0. The zero-order valence-electron chi connectivity index (χ0n) is 23.3. The first kappa shape index (κ1) is 29.8. The summed E-state index contributed by atoms with van der Waals surface area (Å²) in [6.07, 6.45) is -3.90. The first-order valence-corrected chi connectivity index (χ1v) is 17.1. The lowest BCUT2D eigenvalue weighted by molar-refractivity contribution is -0.126. The largest absolute Gasteiger partial charge is 0.488 e. The summed E-state index contributed by atoms with van der Waals surface area (Å²) in [7, 11) is -0.602. The molecule has 2 aliphatic rings. The third-order valence-corrected chi connectivity index (χ3v) is 9.97. The summed E-state index contributed by atoms with van der Waals surface area (Å²) in [6, 6.07) is 10.2. The van der Waals surface area contributed by atoms with Gasteiger partial charge in [-0.25, -0.2) is 4.39 Å². The van der Waals surface area contributed by atoms with Gasteiger partial charge in [0, 0.05) is 18.4 Å². The monoisotopic (exact) mass is 607 g/mol. The number of nitrogens with zero attached hydrogens (tertiary/aromatic N) is 1. The molecule has 2 atom stereocenters. The Labute approximate surface area is 242 Å². The Morgan fingerprint density at radius 2 is 1.93 bits per heavy atom. The number of ether oxygens (including phenoxy) is 1. The van der Waals surface area contributed by atoms with Gasteiger partial charge in [-0.1, -0.05) is 24.0 Å². The van der Waals surface area contributed by atoms with Crippen LogP contribution in [0.5, 0.6) is 5.75 Å². The molecule has 5 rings (SSSR count). The van der Waals surface area contributed by atoms with E-state index < -0.39 is 32.0 Å². The van der Waals surface area contributed by atoms with Gasteiger partial charge in [0.25, 0.3) is 0 Å². The quantitative estimate of drug-likeness (QED) is 0.169. The number of piperidine rings is 1. The second-order valence-electron chi connectivity index (χ2n) is 11.2. The number of anilines is 2. The van der Waals surface area contributed by atoms with Gasteiger partial charge in [-0.15, -0.1) is 11.3 Å². The third-order valence-electron chi connectivity index (χ3n) is 7.26. The molecule has 2 N–H and O–H groups in total. The molecule has 0 amide bonds. The molecule has 220 valence electrons. The number of halogens is 4. The van der Waals surface area contributed by atoms with Gasteiger partial charge in [0.05, 0.1) is 46.1 Å². The molecule has 1 aliphatic heterocycles. The Morgan fingerprint density at radius 1 is 1.15 bits per heavy atom. The highest BCUT2D eigenvalue weighted by Gasteiger charge is 2.32. The lowest BCUT2D eigenvalue weighted by Gasteiger charge is -2.33. The molecule has 0 radical (unpaired) electrons. The highest BCUT2D eigenvalue weighted by molar-refractivity contribution is 7.70. The van der Waals surface area contributed by atoms with Crippen LogP contribution in [0.1, 0.15) is 29.7 Å². The van der Waals surface area contributed by atoms with Gasteiger partial charge in [-0.2, -0.15) is 13.2 Å². The van der Waals surface area contributed by atoms with Crippen LogP contribution >= 0.6 is 18.5 Å². The fourth-order valence-electron chi connectivity index (χ4n) is 4.90. The number of hydrogen-bond donors (Lipinski definition) is 2. The molecule has 2 aromatic carbocycles. The van der Waals surface area contributed by atoms with Gasteiger partial charge in [-0.3, -0.25) is 0 Å². The first-order chi connectivity index (χ1) is 19.4. The normalized spacial score (nSPS) is 20.0. The van der Waals surface area contributed by atoms with Crippen LogP contribution in [-0.2, 0) is 11.0 Å². The van der Waals surface area contributed by atoms with Crippen LogP contribution in [0.15, 0.2) is 36.4 Å². The van der Waals surface area contributed by atoms with Gasteiger partial charge in [-0.05, 0) is 74.9 Å². The summed E-state index contributed by atoms with van der Waals surface area (Å²) in [5.74, 6) is 6.54. The molecule has 1 saturated carbocycles. The number of likely N-dealkylation sites (tertiary alicyclic amines) is 1. The Hall–Kier alpha value is -2.73. The molecule has 0 bridgehead atoms. The van der Waals surface area contributed by atoms with Crippen molar-refractivity contribution in [2.75, 3.05) is 50.6 Å². The zero-order chi connectivity index (χ0) is 29.4. The predicted molar refractivity (Wildman–Crippen MR) is 161 cm³/mol. The minimum atomic E-state index is -4.40. The third kappa shape index (κ3) is 7.57. The van der Waals surface area contributed by atoms with Crippen molar-refractivity contribution in [3.8, 4) is 17.6 Å². The van der Waals surface area contributed by atoms with Crippen LogP contribution in [0.2, 0.25) is 0 Å². The van der Waals surface area contributed by atoms with Crippen molar-refractivity contribution in [3.63, 3.8) is 0 Å². The second-order valence-corrected chi connectivity index (χ2v) is 15.4. The Kier molecular flexibility index (Phi) is 8.61. The molecule has 0 unspecified atom stereocenters. The molecule has 41 heavy (non-hydrogen) atoms. The summed E-state index contributed by atoms with van der Waals surface area (Å²) in [6.45, 7) is 4.65. The van der Waals surface area contributed by atoms with Gasteiger partial charge in [0.2, 0.25) is 0 Å². The topological polar surface area (TPSA) is 53.6 Å². The molecular weight excluding hydrogens is 573 g/mol. The summed E-state index contributed by atoms with van der Waals surface area (Å²) < 4.78 is 74.8. The number of thiophene rings is 1. The van der Waals surface area contributed by atoms with Crippen molar-refractivity contribution in [2.24, 2.45) is 0 Å². The fourth-order valence-corrected chi connectivity index (χ4v) is 6.93. The summed E-state index contributed by atoms with van der Waals surface area (Å²) in [4.78, 5) is 2.27. The number of nitrogens with one attached hydrogen (secondary N) is 2. The Morgan fingerprint density at radius 3 is 2.61 bits per heavy atom. The van der Waals surface area contributed by atoms with E-state index in [0.717, 1.165) is 24.7 Å². The van der Waals surface area contributed by atoms with E-state index in [1.165, 1.54) is 11.3 Å². The Bertz CT molecular complexity index is 1520. The van der Waals surface area contributed by atoms with E-state index in [1.807, 2.05) is 18.0 Å². The molecule has 3 aromatic rings. The summed E-state index contributed by atoms with van der Waals surface area (Å²) in [5.41, 5.74) is 1.46. The van der Waals surface area contributed by atoms with Crippen LogP contribution in [0, 0.1) is 11.8 Å². The van der Waals surface area contributed by atoms with Crippen molar-refractivity contribution >= 4 is 45.2 Å². The average molecular weight is 608 g/mol. The molecule has 1 saturated heterocycles.